The summed E-state index contributed by atoms with van der Waals surface area (Å²) in [6.07, 6.45) is 11.0. The lowest BCUT2D eigenvalue weighted by atomic mass is 10.1. The first-order valence-corrected chi connectivity index (χ1v) is 10.2. The molecule has 0 bridgehead atoms. The first-order valence-electron chi connectivity index (χ1n) is 7.52. The average molecular weight is 269 g/mol. The highest BCUT2D eigenvalue weighted by atomic mass is 28.3. The van der Waals surface area contributed by atoms with Gasteiger partial charge >= 0.3 is 0 Å². The predicted octanol–water partition coefficient (Wildman–Crippen LogP) is 4.79. The molecule has 1 aromatic rings. The Kier molecular flexibility index (Phi) is 4.81. The fourth-order valence-corrected chi connectivity index (χ4v) is 5.79. The molecule has 2 rings (SSSR count). The van der Waals surface area contributed by atoms with E-state index in [2.05, 4.69) is 69.0 Å². The van der Waals surface area contributed by atoms with Gasteiger partial charge in [-0.15, -0.1) is 0 Å². The zero-order valence-corrected chi connectivity index (χ0v) is 13.4. The van der Waals surface area contributed by atoms with Crippen LogP contribution in [-0.4, -0.2) is 8.07 Å². The molecule has 0 saturated heterocycles. The number of rotatable bonds is 6. The Labute approximate surface area is 119 Å². The third-order valence-electron chi connectivity index (χ3n) is 4.39. The van der Waals surface area contributed by atoms with Crippen LogP contribution in [0.3, 0.4) is 0 Å². The molecule has 1 atom stereocenters. The van der Waals surface area contributed by atoms with Crippen molar-refractivity contribution in [2.24, 2.45) is 0 Å². The molecule has 0 aromatic heterocycles. The number of unbranched alkanes of at least 4 members (excludes halogenated alkanes) is 1. The van der Waals surface area contributed by atoms with Crippen molar-refractivity contribution < 1.29 is 0 Å². The molecular formula is C18H25Si. The average Bonchev–Trinajstić information content (AvgIpc) is 2.94. The molecule has 1 aliphatic carbocycles. The third-order valence-corrected chi connectivity index (χ3v) is 9.00. The monoisotopic (exact) mass is 269 g/mol. The van der Waals surface area contributed by atoms with E-state index in [1.54, 1.807) is 10.7 Å². The van der Waals surface area contributed by atoms with Crippen molar-refractivity contribution in [1.82, 2.24) is 0 Å². The minimum absolute atomic E-state index is 1.24. The van der Waals surface area contributed by atoms with Gasteiger partial charge in [-0.25, -0.2) is 0 Å². The zero-order chi connectivity index (χ0) is 13.7. The maximum Gasteiger partial charge on any atom is 0.0985 e. The summed E-state index contributed by atoms with van der Waals surface area (Å²) < 4.78 is 0. The van der Waals surface area contributed by atoms with E-state index >= 15 is 0 Å². The molecule has 0 N–H and O–H groups in total. The van der Waals surface area contributed by atoms with Crippen LogP contribution < -0.4 is 5.19 Å². The second-order valence-corrected chi connectivity index (χ2v) is 10.2. The fraction of sp³-hybridized carbons (Fsp3) is 0.389. The van der Waals surface area contributed by atoms with Crippen molar-refractivity contribution >= 4 is 13.3 Å². The van der Waals surface area contributed by atoms with Crippen molar-refractivity contribution in [3.05, 3.63) is 59.7 Å². The summed E-state index contributed by atoms with van der Waals surface area (Å²) in [5.41, 5.74) is 3.13. The summed E-state index contributed by atoms with van der Waals surface area (Å²) in [4.78, 5) is 0. The van der Waals surface area contributed by atoms with Crippen LogP contribution in [0.15, 0.2) is 54.1 Å². The van der Waals surface area contributed by atoms with Gasteiger partial charge in [-0.1, -0.05) is 92.2 Å². The fourth-order valence-electron chi connectivity index (χ4n) is 2.75. The topological polar surface area (TPSA) is 0 Å². The second-order valence-electron chi connectivity index (χ2n) is 5.66. The summed E-state index contributed by atoms with van der Waals surface area (Å²) in [5.74, 6) is 0. The van der Waals surface area contributed by atoms with E-state index < -0.39 is 8.07 Å². The summed E-state index contributed by atoms with van der Waals surface area (Å²) in [5, 5.41) is 1.56. The molecule has 1 aliphatic rings. The van der Waals surface area contributed by atoms with Crippen LogP contribution in [0.1, 0.15) is 33.1 Å². The van der Waals surface area contributed by atoms with Gasteiger partial charge in [0.2, 0.25) is 0 Å². The largest absolute Gasteiger partial charge is 0.0985 e. The van der Waals surface area contributed by atoms with Crippen molar-refractivity contribution in [3.63, 3.8) is 0 Å². The number of benzene rings is 1. The lowest BCUT2D eigenvalue weighted by molar-refractivity contribution is 0.799. The molecule has 1 aromatic carbocycles. The van der Waals surface area contributed by atoms with E-state index in [4.69, 9.17) is 0 Å². The van der Waals surface area contributed by atoms with Crippen LogP contribution >= 0.6 is 0 Å². The van der Waals surface area contributed by atoms with Gasteiger partial charge < -0.3 is 0 Å². The quantitative estimate of drug-likeness (QED) is 0.651. The van der Waals surface area contributed by atoms with Gasteiger partial charge in [0.05, 0.1) is 8.07 Å². The normalized spacial score (nSPS) is 18.4. The minimum Gasteiger partial charge on any atom is -0.0757 e. The standard InChI is InChI=1S/C18H25Si/c1-4-6-10-16-13-14-18(15-16)19(3,5-2)17-11-8-7-9-12-17/h7-9,11-15H,4-6,10H2,1-3H3. The van der Waals surface area contributed by atoms with Crippen LogP contribution in [0.25, 0.3) is 0 Å². The molecule has 0 spiro atoms. The predicted molar refractivity (Wildman–Crippen MR) is 88.2 cm³/mol. The maximum absolute atomic E-state index is 2.50. The molecule has 0 aliphatic heterocycles. The molecule has 0 fully saturated rings. The molecule has 0 saturated carbocycles. The van der Waals surface area contributed by atoms with Gasteiger partial charge in [0.25, 0.3) is 0 Å². The minimum atomic E-state index is -1.49. The number of hydrogen-bond acceptors (Lipinski definition) is 0. The SMILES string of the molecule is CCCCC1=C[C]([Si](C)(CC)c2ccccc2)C=C1. The first-order chi connectivity index (χ1) is 9.20. The Hall–Kier alpha value is -1.08. The van der Waals surface area contributed by atoms with Crippen molar-refractivity contribution in [2.75, 3.05) is 0 Å². The Balaban J connectivity index is 2.20. The van der Waals surface area contributed by atoms with Gasteiger partial charge in [-0.3, -0.25) is 0 Å². The Bertz CT molecular complexity index is 458. The summed E-state index contributed by atoms with van der Waals surface area (Å²) >= 11 is 0. The molecule has 1 radical (unpaired) electrons. The summed E-state index contributed by atoms with van der Waals surface area (Å²) in [6, 6.07) is 12.4. The second kappa shape index (κ2) is 6.38. The van der Waals surface area contributed by atoms with Gasteiger partial charge in [0.1, 0.15) is 0 Å². The van der Waals surface area contributed by atoms with Gasteiger partial charge in [-0.2, -0.15) is 0 Å². The van der Waals surface area contributed by atoms with Crippen molar-refractivity contribution in [2.45, 2.75) is 45.7 Å². The molecule has 19 heavy (non-hydrogen) atoms. The van der Waals surface area contributed by atoms with E-state index in [9.17, 15) is 0 Å². The van der Waals surface area contributed by atoms with Crippen molar-refractivity contribution in [1.29, 1.82) is 0 Å². The zero-order valence-electron chi connectivity index (χ0n) is 12.4. The Morgan fingerprint density at radius 1 is 1.00 bits per heavy atom. The van der Waals surface area contributed by atoms with Crippen LogP contribution in [0.5, 0.6) is 0 Å². The summed E-state index contributed by atoms with van der Waals surface area (Å²) in [6.45, 7) is 7.11. The van der Waals surface area contributed by atoms with E-state index in [1.807, 2.05) is 0 Å². The van der Waals surface area contributed by atoms with Crippen LogP contribution in [0.4, 0.5) is 0 Å². The Morgan fingerprint density at radius 3 is 2.37 bits per heavy atom. The highest BCUT2D eigenvalue weighted by Gasteiger charge is 2.35. The maximum atomic E-state index is 2.50. The van der Waals surface area contributed by atoms with Gasteiger partial charge in [-0.05, 0) is 12.8 Å². The third kappa shape index (κ3) is 3.09. The van der Waals surface area contributed by atoms with Crippen LogP contribution in [0.2, 0.25) is 12.6 Å². The van der Waals surface area contributed by atoms with Crippen LogP contribution in [0, 0.1) is 5.54 Å². The Morgan fingerprint density at radius 2 is 1.74 bits per heavy atom. The molecule has 0 heterocycles. The van der Waals surface area contributed by atoms with Crippen LogP contribution in [-0.2, 0) is 0 Å². The lowest BCUT2D eigenvalue weighted by Gasteiger charge is -2.30. The van der Waals surface area contributed by atoms with Gasteiger partial charge in [0.15, 0.2) is 0 Å². The van der Waals surface area contributed by atoms with E-state index in [0.717, 1.165) is 0 Å². The number of allylic oxidation sites excluding steroid dienone is 4. The van der Waals surface area contributed by atoms with E-state index in [-0.39, 0.29) is 0 Å². The van der Waals surface area contributed by atoms with Crippen molar-refractivity contribution in [3.8, 4) is 0 Å². The lowest BCUT2D eigenvalue weighted by Crippen LogP contribution is -2.48. The molecular weight excluding hydrogens is 244 g/mol. The number of hydrogen-bond donors (Lipinski definition) is 0. The first kappa shape index (κ1) is 14.3. The summed E-state index contributed by atoms with van der Waals surface area (Å²) in [7, 11) is -1.49. The van der Waals surface area contributed by atoms with Gasteiger partial charge in [0, 0.05) is 5.54 Å². The molecule has 0 nitrogen and oxygen atoms in total. The molecule has 1 heteroatoms. The van der Waals surface area contributed by atoms with E-state index in [0.29, 0.717) is 0 Å². The molecule has 1 unspecified atom stereocenters. The smallest absolute Gasteiger partial charge is 0.0757 e. The highest BCUT2D eigenvalue weighted by Crippen LogP contribution is 2.32. The highest BCUT2D eigenvalue weighted by molar-refractivity contribution is 6.96. The molecule has 101 valence electrons. The molecule has 0 amide bonds. The van der Waals surface area contributed by atoms with E-state index in [1.165, 1.54) is 30.9 Å².